The second-order valence-corrected chi connectivity index (χ2v) is 2.75. The van der Waals surface area contributed by atoms with Crippen LogP contribution in [-0.4, -0.2) is 5.84 Å². The fourth-order valence-corrected chi connectivity index (χ4v) is 1.30. The molecule has 0 amide bonds. The van der Waals surface area contributed by atoms with Gasteiger partial charge < -0.3 is 5.73 Å². The van der Waals surface area contributed by atoms with Crippen molar-refractivity contribution in [3.05, 3.63) is 34.3 Å². The third-order valence-corrected chi connectivity index (χ3v) is 1.81. The zero-order valence-corrected chi connectivity index (χ0v) is 6.94. The van der Waals surface area contributed by atoms with E-state index in [4.69, 9.17) is 22.7 Å². The number of rotatable bonds is 1. The largest absolute Gasteiger partial charge is 0.384 e. The molecule has 0 fully saturated rings. The van der Waals surface area contributed by atoms with Crippen molar-refractivity contribution in [3.8, 4) is 0 Å². The van der Waals surface area contributed by atoms with Crippen molar-refractivity contribution in [2.45, 2.75) is 6.92 Å². The van der Waals surface area contributed by atoms with Crippen LogP contribution >= 0.6 is 11.6 Å². The number of halogens is 1. The Kier molecular flexibility index (Phi) is 2.15. The summed E-state index contributed by atoms with van der Waals surface area (Å²) in [5.74, 6) is 0.0214. The van der Waals surface area contributed by atoms with Crippen molar-refractivity contribution in [1.82, 2.24) is 0 Å². The number of aryl methyl sites for hydroxylation is 1. The minimum atomic E-state index is 0.0214. The van der Waals surface area contributed by atoms with E-state index in [0.717, 1.165) is 5.56 Å². The van der Waals surface area contributed by atoms with Gasteiger partial charge in [-0.25, -0.2) is 0 Å². The van der Waals surface area contributed by atoms with Gasteiger partial charge in [0.25, 0.3) is 0 Å². The zero-order valence-electron chi connectivity index (χ0n) is 6.19. The molecule has 0 aliphatic heterocycles. The van der Waals surface area contributed by atoms with E-state index in [1.165, 1.54) is 0 Å². The number of nitrogens with two attached hydrogens (primary N) is 1. The zero-order chi connectivity index (χ0) is 8.43. The second kappa shape index (κ2) is 2.93. The molecule has 1 rings (SSSR count). The van der Waals surface area contributed by atoms with Crippen molar-refractivity contribution in [3.63, 3.8) is 0 Å². The Balaban J connectivity index is 3.32. The van der Waals surface area contributed by atoms with Gasteiger partial charge in [0, 0.05) is 5.56 Å². The van der Waals surface area contributed by atoms with E-state index in [0.29, 0.717) is 10.6 Å². The molecule has 0 saturated heterocycles. The molecule has 3 heteroatoms. The normalized spacial score (nSPS) is 9.64. The van der Waals surface area contributed by atoms with Crippen LogP contribution in [0.25, 0.3) is 0 Å². The van der Waals surface area contributed by atoms with E-state index in [-0.39, 0.29) is 5.84 Å². The van der Waals surface area contributed by atoms with Crippen molar-refractivity contribution in [2.75, 3.05) is 0 Å². The van der Waals surface area contributed by atoms with Crippen LogP contribution in [0.15, 0.2) is 18.2 Å². The second-order valence-electron chi connectivity index (χ2n) is 2.35. The first-order valence-corrected chi connectivity index (χ1v) is 3.60. The predicted octanol–water partition coefficient (Wildman–Crippen LogP) is 1.93. The molecular weight excluding hydrogens is 160 g/mol. The first kappa shape index (κ1) is 8.08. The van der Waals surface area contributed by atoms with Gasteiger partial charge in [-0.3, -0.25) is 5.41 Å². The smallest absolute Gasteiger partial charge is 0.124 e. The van der Waals surface area contributed by atoms with Crippen LogP contribution in [0.1, 0.15) is 11.1 Å². The lowest BCUT2D eigenvalue weighted by Gasteiger charge is -2.04. The number of amidine groups is 1. The minimum absolute atomic E-state index is 0.0214. The van der Waals surface area contributed by atoms with Crippen LogP contribution < -0.4 is 5.73 Å². The first-order chi connectivity index (χ1) is 5.13. The third-order valence-electron chi connectivity index (χ3n) is 1.49. The summed E-state index contributed by atoms with van der Waals surface area (Å²) in [4.78, 5) is 0. The number of hydrogen-bond acceptors (Lipinski definition) is 1. The Labute approximate surface area is 70.5 Å². The fourth-order valence-electron chi connectivity index (χ4n) is 0.973. The highest BCUT2D eigenvalue weighted by molar-refractivity contribution is 6.34. The molecule has 0 heterocycles. The Morgan fingerprint density at radius 2 is 2.18 bits per heavy atom. The summed E-state index contributed by atoms with van der Waals surface area (Å²) in [6.07, 6.45) is 0. The van der Waals surface area contributed by atoms with Gasteiger partial charge >= 0.3 is 0 Å². The van der Waals surface area contributed by atoms with Crippen molar-refractivity contribution < 1.29 is 0 Å². The predicted molar refractivity (Wildman–Crippen MR) is 47.2 cm³/mol. The molecule has 3 N–H and O–H groups in total. The molecule has 0 radical (unpaired) electrons. The van der Waals surface area contributed by atoms with Crippen LogP contribution in [-0.2, 0) is 0 Å². The van der Waals surface area contributed by atoms with Gasteiger partial charge in [0.15, 0.2) is 0 Å². The molecule has 0 bridgehead atoms. The Bertz CT molecular complexity index is 274. The molecule has 1 aromatic carbocycles. The van der Waals surface area contributed by atoms with Gasteiger partial charge in [-0.1, -0.05) is 23.7 Å². The Morgan fingerprint density at radius 1 is 1.55 bits per heavy atom. The van der Waals surface area contributed by atoms with E-state index < -0.39 is 0 Å². The Hall–Kier alpha value is -1.02. The molecule has 0 atom stereocenters. The number of nitrogen functional groups attached to an aromatic ring is 1. The summed E-state index contributed by atoms with van der Waals surface area (Å²) in [6.45, 7) is 1.88. The third kappa shape index (κ3) is 1.52. The van der Waals surface area contributed by atoms with Crippen LogP contribution in [0.4, 0.5) is 0 Å². The maximum absolute atomic E-state index is 7.21. The molecule has 0 saturated carbocycles. The van der Waals surface area contributed by atoms with Gasteiger partial charge in [-0.05, 0) is 18.6 Å². The summed E-state index contributed by atoms with van der Waals surface area (Å²) >= 11 is 5.80. The summed E-state index contributed by atoms with van der Waals surface area (Å²) in [5.41, 5.74) is 6.88. The van der Waals surface area contributed by atoms with E-state index >= 15 is 0 Å². The van der Waals surface area contributed by atoms with E-state index in [9.17, 15) is 0 Å². The maximum Gasteiger partial charge on any atom is 0.124 e. The SMILES string of the molecule is Cc1cccc(Cl)c1C(=N)N. The van der Waals surface area contributed by atoms with E-state index in [1.807, 2.05) is 19.1 Å². The van der Waals surface area contributed by atoms with Gasteiger partial charge in [-0.2, -0.15) is 0 Å². The average molecular weight is 169 g/mol. The number of hydrogen-bond donors (Lipinski definition) is 2. The summed E-state index contributed by atoms with van der Waals surface area (Å²) in [5, 5.41) is 7.75. The number of benzene rings is 1. The van der Waals surface area contributed by atoms with Crippen molar-refractivity contribution in [1.29, 1.82) is 5.41 Å². The highest BCUT2D eigenvalue weighted by Gasteiger charge is 2.04. The highest BCUT2D eigenvalue weighted by Crippen LogP contribution is 2.18. The van der Waals surface area contributed by atoms with Gasteiger partial charge in [0.1, 0.15) is 5.84 Å². The maximum atomic E-state index is 7.21. The molecule has 0 spiro atoms. The van der Waals surface area contributed by atoms with Crippen LogP contribution in [0.3, 0.4) is 0 Å². The standard InChI is InChI=1S/C8H9ClN2/c1-5-3-2-4-6(9)7(5)8(10)11/h2-4H,1H3,(H3,10,11). The molecule has 0 aliphatic carbocycles. The molecule has 1 aromatic rings. The fraction of sp³-hybridized carbons (Fsp3) is 0.125. The van der Waals surface area contributed by atoms with E-state index in [1.54, 1.807) is 6.07 Å². The van der Waals surface area contributed by atoms with Gasteiger partial charge in [-0.15, -0.1) is 0 Å². The molecule has 0 unspecified atom stereocenters. The molecule has 2 nitrogen and oxygen atoms in total. The molecule has 0 aromatic heterocycles. The number of nitrogens with one attached hydrogen (secondary N) is 1. The Morgan fingerprint density at radius 3 is 2.55 bits per heavy atom. The van der Waals surface area contributed by atoms with Crippen molar-refractivity contribution >= 4 is 17.4 Å². The van der Waals surface area contributed by atoms with Crippen LogP contribution in [0.5, 0.6) is 0 Å². The summed E-state index contributed by atoms with van der Waals surface area (Å²) < 4.78 is 0. The highest BCUT2D eigenvalue weighted by atomic mass is 35.5. The lowest BCUT2D eigenvalue weighted by atomic mass is 10.1. The molecular formula is C8H9ClN2. The quantitative estimate of drug-likeness (QED) is 0.489. The molecule has 58 valence electrons. The molecule has 11 heavy (non-hydrogen) atoms. The monoisotopic (exact) mass is 168 g/mol. The van der Waals surface area contributed by atoms with Gasteiger partial charge in [0.2, 0.25) is 0 Å². The molecule has 0 aliphatic rings. The average Bonchev–Trinajstić information content (AvgIpc) is 1.85. The lowest BCUT2D eigenvalue weighted by Crippen LogP contribution is -2.13. The minimum Gasteiger partial charge on any atom is -0.384 e. The van der Waals surface area contributed by atoms with E-state index in [2.05, 4.69) is 0 Å². The summed E-state index contributed by atoms with van der Waals surface area (Å²) in [6, 6.07) is 5.44. The topological polar surface area (TPSA) is 49.9 Å². The van der Waals surface area contributed by atoms with Crippen LogP contribution in [0.2, 0.25) is 5.02 Å². The lowest BCUT2D eigenvalue weighted by molar-refractivity contribution is 1.37. The first-order valence-electron chi connectivity index (χ1n) is 3.22. The van der Waals surface area contributed by atoms with Gasteiger partial charge in [0.05, 0.1) is 5.02 Å². The summed E-state index contributed by atoms with van der Waals surface area (Å²) in [7, 11) is 0. The van der Waals surface area contributed by atoms with Crippen molar-refractivity contribution in [2.24, 2.45) is 5.73 Å². The van der Waals surface area contributed by atoms with Crippen LogP contribution in [0, 0.1) is 12.3 Å².